The Morgan fingerprint density at radius 3 is 3.27 bits per heavy atom. The molecular formula is C10H8N4S. The van der Waals surface area contributed by atoms with Gasteiger partial charge in [0.15, 0.2) is 0 Å². The van der Waals surface area contributed by atoms with Crippen molar-refractivity contribution in [3.8, 4) is 10.6 Å². The number of aliphatic imine (C=N–C) groups is 1. The van der Waals surface area contributed by atoms with Crippen LogP contribution in [-0.4, -0.2) is 16.2 Å². The topological polar surface area (TPSA) is 64.2 Å². The first kappa shape index (κ1) is 8.55. The second-order valence-electron chi connectivity index (χ2n) is 3.28. The minimum atomic E-state index is 0.315. The van der Waals surface area contributed by atoms with Gasteiger partial charge in [0.25, 0.3) is 0 Å². The highest BCUT2D eigenvalue weighted by atomic mass is 32.1. The predicted octanol–water partition coefficient (Wildman–Crippen LogP) is 1.72. The molecule has 0 bridgehead atoms. The molecule has 0 fully saturated rings. The van der Waals surface area contributed by atoms with E-state index in [0.29, 0.717) is 12.5 Å². The maximum Gasteiger partial charge on any atom is 0.220 e. The van der Waals surface area contributed by atoms with E-state index in [1.165, 1.54) is 0 Å². The number of nitrogen functional groups attached to an aromatic ring is 1. The number of anilines is 1. The summed E-state index contributed by atoms with van der Waals surface area (Å²) in [4.78, 5) is 13.7. The van der Waals surface area contributed by atoms with Crippen LogP contribution in [0, 0.1) is 0 Å². The van der Waals surface area contributed by atoms with Crippen molar-refractivity contribution in [3.63, 3.8) is 0 Å². The zero-order valence-electron chi connectivity index (χ0n) is 7.84. The van der Waals surface area contributed by atoms with Crippen molar-refractivity contribution in [1.29, 1.82) is 0 Å². The van der Waals surface area contributed by atoms with E-state index in [1.807, 2.05) is 17.7 Å². The largest absolute Gasteiger partial charge is 0.368 e. The molecule has 74 valence electrons. The van der Waals surface area contributed by atoms with E-state index in [2.05, 4.69) is 15.0 Å². The minimum absolute atomic E-state index is 0.315. The van der Waals surface area contributed by atoms with Gasteiger partial charge in [-0.05, 0) is 11.4 Å². The van der Waals surface area contributed by atoms with Crippen LogP contribution < -0.4 is 5.73 Å². The summed E-state index contributed by atoms with van der Waals surface area (Å²) in [5.74, 6) is 0.315. The third-order valence-electron chi connectivity index (χ3n) is 2.29. The lowest BCUT2D eigenvalue weighted by Crippen LogP contribution is -1.99. The van der Waals surface area contributed by atoms with Crippen LogP contribution in [-0.2, 0) is 6.54 Å². The summed E-state index contributed by atoms with van der Waals surface area (Å²) in [6.45, 7) is 0.622. The molecule has 0 aromatic carbocycles. The number of nitrogens with two attached hydrogens (primary N) is 1. The highest BCUT2D eigenvalue weighted by Crippen LogP contribution is 2.31. The van der Waals surface area contributed by atoms with E-state index < -0.39 is 0 Å². The first-order chi connectivity index (χ1) is 7.34. The fourth-order valence-corrected chi connectivity index (χ4v) is 2.48. The quantitative estimate of drug-likeness (QED) is 0.729. The molecule has 2 N–H and O–H groups in total. The molecule has 0 saturated heterocycles. The molecule has 0 spiro atoms. The summed E-state index contributed by atoms with van der Waals surface area (Å²) in [5.41, 5.74) is 8.66. The van der Waals surface area contributed by atoms with Gasteiger partial charge < -0.3 is 5.73 Å². The molecule has 0 aliphatic carbocycles. The molecule has 0 amide bonds. The molecule has 15 heavy (non-hydrogen) atoms. The predicted molar refractivity (Wildman–Crippen MR) is 61.1 cm³/mol. The minimum Gasteiger partial charge on any atom is -0.368 e. The Morgan fingerprint density at radius 2 is 2.33 bits per heavy atom. The fourth-order valence-electron chi connectivity index (χ4n) is 1.59. The van der Waals surface area contributed by atoms with E-state index >= 15 is 0 Å². The molecule has 0 radical (unpaired) electrons. The van der Waals surface area contributed by atoms with E-state index in [0.717, 1.165) is 21.7 Å². The standard InChI is InChI=1S/C10H8N4S/c11-10-13-5-7-4-12-3-6-1-2-15-9(6)8(7)14-10/h1-3,5H,4H2,(H2,11,13,14). The maximum atomic E-state index is 5.60. The average Bonchev–Trinajstić information content (AvgIpc) is 2.62. The van der Waals surface area contributed by atoms with Crippen LogP contribution in [0.4, 0.5) is 5.95 Å². The van der Waals surface area contributed by atoms with Crippen LogP contribution in [0.2, 0.25) is 0 Å². The van der Waals surface area contributed by atoms with Crippen molar-refractivity contribution in [2.75, 3.05) is 5.73 Å². The van der Waals surface area contributed by atoms with E-state index in [-0.39, 0.29) is 0 Å². The van der Waals surface area contributed by atoms with Gasteiger partial charge in [0.2, 0.25) is 5.95 Å². The van der Waals surface area contributed by atoms with Crippen LogP contribution in [0.1, 0.15) is 11.1 Å². The van der Waals surface area contributed by atoms with Gasteiger partial charge in [0.1, 0.15) is 0 Å². The molecule has 0 unspecified atom stereocenters. The first-order valence-corrected chi connectivity index (χ1v) is 5.41. The number of hydrogen-bond acceptors (Lipinski definition) is 5. The molecule has 5 heteroatoms. The zero-order valence-corrected chi connectivity index (χ0v) is 8.66. The Hall–Kier alpha value is -1.75. The lowest BCUT2D eigenvalue weighted by molar-refractivity contribution is 1.03. The van der Waals surface area contributed by atoms with Crippen molar-refractivity contribution in [3.05, 3.63) is 28.8 Å². The van der Waals surface area contributed by atoms with Crippen LogP contribution in [0.15, 0.2) is 22.6 Å². The van der Waals surface area contributed by atoms with Crippen molar-refractivity contribution < 1.29 is 0 Å². The molecule has 3 rings (SSSR count). The van der Waals surface area contributed by atoms with Crippen LogP contribution in [0.5, 0.6) is 0 Å². The van der Waals surface area contributed by atoms with Crippen molar-refractivity contribution in [2.45, 2.75) is 6.54 Å². The molecule has 1 aliphatic heterocycles. The zero-order chi connectivity index (χ0) is 10.3. The number of rotatable bonds is 0. The summed E-state index contributed by atoms with van der Waals surface area (Å²) >= 11 is 1.65. The van der Waals surface area contributed by atoms with Crippen molar-refractivity contribution in [1.82, 2.24) is 9.97 Å². The van der Waals surface area contributed by atoms with E-state index in [1.54, 1.807) is 17.5 Å². The van der Waals surface area contributed by atoms with Crippen LogP contribution in [0.3, 0.4) is 0 Å². The Balaban J connectivity index is 2.32. The van der Waals surface area contributed by atoms with Gasteiger partial charge in [-0.1, -0.05) is 0 Å². The highest BCUT2D eigenvalue weighted by molar-refractivity contribution is 7.14. The van der Waals surface area contributed by atoms with Gasteiger partial charge in [-0.25, -0.2) is 9.97 Å². The maximum absolute atomic E-state index is 5.60. The number of thiophene rings is 1. The van der Waals surface area contributed by atoms with Gasteiger partial charge in [0.05, 0.1) is 17.1 Å². The van der Waals surface area contributed by atoms with Gasteiger partial charge >= 0.3 is 0 Å². The SMILES string of the molecule is Nc1ncc2c(n1)-c1sccc1C=NC2. The highest BCUT2D eigenvalue weighted by Gasteiger charge is 2.15. The molecule has 2 aromatic rings. The second kappa shape index (κ2) is 3.13. The van der Waals surface area contributed by atoms with Crippen LogP contribution >= 0.6 is 11.3 Å². The van der Waals surface area contributed by atoms with Crippen molar-refractivity contribution >= 4 is 23.5 Å². The van der Waals surface area contributed by atoms with Gasteiger partial charge in [-0.2, -0.15) is 0 Å². The molecule has 0 atom stereocenters. The molecule has 2 aromatic heterocycles. The molecule has 4 nitrogen and oxygen atoms in total. The summed E-state index contributed by atoms with van der Waals surface area (Å²) in [6, 6.07) is 2.04. The Morgan fingerprint density at radius 1 is 1.40 bits per heavy atom. The van der Waals surface area contributed by atoms with Crippen LogP contribution in [0.25, 0.3) is 10.6 Å². The smallest absolute Gasteiger partial charge is 0.220 e. The Bertz CT molecular complexity index is 544. The first-order valence-electron chi connectivity index (χ1n) is 4.53. The second-order valence-corrected chi connectivity index (χ2v) is 4.19. The Labute approximate surface area is 90.5 Å². The lowest BCUT2D eigenvalue weighted by atomic mass is 10.1. The fraction of sp³-hybridized carbons (Fsp3) is 0.100. The summed E-state index contributed by atoms with van der Waals surface area (Å²) in [7, 11) is 0. The average molecular weight is 216 g/mol. The molecule has 0 saturated carbocycles. The molecule has 1 aliphatic rings. The molecular weight excluding hydrogens is 208 g/mol. The summed E-state index contributed by atoms with van der Waals surface area (Å²) < 4.78 is 0. The van der Waals surface area contributed by atoms with E-state index in [4.69, 9.17) is 5.73 Å². The molecule has 3 heterocycles. The monoisotopic (exact) mass is 216 g/mol. The van der Waals surface area contributed by atoms with Gasteiger partial charge in [-0.15, -0.1) is 11.3 Å². The number of nitrogens with zero attached hydrogens (tertiary/aromatic N) is 3. The number of aromatic nitrogens is 2. The number of hydrogen-bond donors (Lipinski definition) is 1. The Kier molecular flexibility index (Phi) is 1.78. The van der Waals surface area contributed by atoms with Gasteiger partial charge in [0, 0.05) is 23.5 Å². The summed E-state index contributed by atoms with van der Waals surface area (Å²) in [5, 5.41) is 2.03. The third kappa shape index (κ3) is 1.32. The third-order valence-corrected chi connectivity index (χ3v) is 3.22. The number of fused-ring (bicyclic) bond motifs is 3. The summed E-state index contributed by atoms with van der Waals surface area (Å²) in [6.07, 6.45) is 3.63. The van der Waals surface area contributed by atoms with Crippen molar-refractivity contribution in [2.24, 2.45) is 4.99 Å². The normalized spacial score (nSPS) is 13.1. The van der Waals surface area contributed by atoms with E-state index in [9.17, 15) is 0 Å². The lowest BCUT2D eigenvalue weighted by Gasteiger charge is -2.03. The van der Waals surface area contributed by atoms with Gasteiger partial charge in [-0.3, -0.25) is 4.99 Å².